The van der Waals surface area contributed by atoms with Gasteiger partial charge in [-0.2, -0.15) is 13.2 Å². The number of phenolic OH excluding ortho intramolecular Hbond substituents is 1. The smallest absolute Gasteiger partial charge is 0.417 e. The molecule has 1 amide bonds. The molecule has 10 heteroatoms. The van der Waals surface area contributed by atoms with E-state index in [4.69, 9.17) is 11.6 Å². The van der Waals surface area contributed by atoms with Crippen molar-refractivity contribution in [2.24, 2.45) is 0 Å². The molecule has 1 N–H and O–H groups in total. The molecule has 2 heterocycles. The number of aromatic hydroxyl groups is 1. The molecule has 0 spiro atoms. The molecule has 1 aromatic carbocycles. The number of amides is 1. The summed E-state index contributed by atoms with van der Waals surface area (Å²) < 4.78 is 39.0. The van der Waals surface area contributed by atoms with Gasteiger partial charge in [-0.25, -0.2) is 4.98 Å². The van der Waals surface area contributed by atoms with Gasteiger partial charge in [0.15, 0.2) is 0 Å². The number of benzene rings is 1. The largest absolute Gasteiger partial charge is 0.507 e. The standard InChI is InChI=1S/C18H16BrClF3N3O2/c19-12-2-3-15(27)13(9-12)17(28)26-5-1-4-25(6-7-26)16-14(20)8-11(10-24-16)18(21,22)23/h2-3,8-10,27H,1,4-7H2. The maximum absolute atomic E-state index is 12.8. The van der Waals surface area contributed by atoms with Crippen molar-refractivity contribution in [3.8, 4) is 5.75 Å². The average molecular weight is 479 g/mol. The van der Waals surface area contributed by atoms with E-state index in [0.29, 0.717) is 37.1 Å². The summed E-state index contributed by atoms with van der Waals surface area (Å²) in [6, 6.07) is 5.48. The molecule has 0 unspecified atom stereocenters. The number of rotatable bonds is 2. The van der Waals surface area contributed by atoms with Crippen molar-refractivity contribution in [3.63, 3.8) is 0 Å². The first-order valence-electron chi connectivity index (χ1n) is 8.42. The third kappa shape index (κ3) is 4.52. The van der Waals surface area contributed by atoms with Crippen LogP contribution in [0.5, 0.6) is 5.75 Å². The molecule has 5 nitrogen and oxygen atoms in total. The van der Waals surface area contributed by atoms with Crippen LogP contribution in [0.2, 0.25) is 5.02 Å². The van der Waals surface area contributed by atoms with Gasteiger partial charge >= 0.3 is 6.18 Å². The van der Waals surface area contributed by atoms with Crippen molar-refractivity contribution in [2.45, 2.75) is 12.6 Å². The van der Waals surface area contributed by atoms with Gasteiger partial charge in [-0.15, -0.1) is 0 Å². The Morgan fingerprint density at radius 1 is 1.18 bits per heavy atom. The van der Waals surface area contributed by atoms with Crippen molar-refractivity contribution in [3.05, 3.63) is 51.1 Å². The molecule has 0 bridgehead atoms. The van der Waals surface area contributed by atoms with E-state index in [0.717, 1.165) is 12.3 Å². The fourth-order valence-corrected chi connectivity index (χ4v) is 3.65. The normalized spacial score (nSPS) is 15.5. The number of aromatic nitrogens is 1. The van der Waals surface area contributed by atoms with Gasteiger partial charge in [0, 0.05) is 36.8 Å². The highest BCUT2D eigenvalue weighted by molar-refractivity contribution is 9.10. The minimum Gasteiger partial charge on any atom is -0.507 e. The van der Waals surface area contributed by atoms with Crippen LogP contribution in [0.3, 0.4) is 0 Å². The first-order chi connectivity index (χ1) is 13.2. The predicted molar refractivity (Wildman–Crippen MR) is 103 cm³/mol. The van der Waals surface area contributed by atoms with Gasteiger partial charge in [0.2, 0.25) is 0 Å². The van der Waals surface area contributed by atoms with Gasteiger partial charge in [-0.3, -0.25) is 4.79 Å². The first kappa shape index (κ1) is 20.7. The fourth-order valence-electron chi connectivity index (χ4n) is 3.00. The molecule has 0 atom stereocenters. The molecule has 1 aliphatic heterocycles. The minimum absolute atomic E-state index is 0.0840. The lowest BCUT2D eigenvalue weighted by atomic mass is 10.1. The number of pyridine rings is 1. The molecular formula is C18H16BrClF3N3O2. The molecular weight excluding hydrogens is 463 g/mol. The molecule has 28 heavy (non-hydrogen) atoms. The average Bonchev–Trinajstić information content (AvgIpc) is 2.88. The van der Waals surface area contributed by atoms with Crippen molar-refractivity contribution in [1.29, 1.82) is 0 Å². The summed E-state index contributed by atoms with van der Waals surface area (Å²) in [5.74, 6) is -0.164. The van der Waals surface area contributed by atoms with Crippen molar-refractivity contribution < 1.29 is 23.1 Å². The Kier molecular flexibility index (Phi) is 6.04. The van der Waals surface area contributed by atoms with Crippen LogP contribution in [-0.2, 0) is 6.18 Å². The van der Waals surface area contributed by atoms with E-state index in [1.807, 2.05) is 0 Å². The molecule has 0 radical (unpaired) electrons. The Hall–Kier alpha value is -2.00. The maximum Gasteiger partial charge on any atom is 0.417 e. The number of anilines is 1. The Bertz CT molecular complexity index is 895. The molecule has 1 saturated heterocycles. The quantitative estimate of drug-likeness (QED) is 0.687. The molecule has 150 valence electrons. The summed E-state index contributed by atoms with van der Waals surface area (Å²) in [4.78, 5) is 20.0. The molecule has 3 rings (SSSR count). The first-order valence-corrected chi connectivity index (χ1v) is 9.59. The summed E-state index contributed by atoms with van der Waals surface area (Å²) in [7, 11) is 0. The second-order valence-electron chi connectivity index (χ2n) is 6.32. The van der Waals surface area contributed by atoms with Crippen LogP contribution >= 0.6 is 27.5 Å². The second kappa shape index (κ2) is 8.16. The lowest BCUT2D eigenvalue weighted by Crippen LogP contribution is -2.35. The van der Waals surface area contributed by atoms with Crippen LogP contribution < -0.4 is 4.90 Å². The number of halogens is 5. The number of carbonyl (C=O) groups excluding carboxylic acids is 1. The van der Waals surface area contributed by atoms with E-state index in [-0.39, 0.29) is 28.1 Å². The number of alkyl halides is 3. The molecule has 0 aliphatic carbocycles. The molecule has 1 aromatic heterocycles. The van der Waals surface area contributed by atoms with E-state index >= 15 is 0 Å². The zero-order valence-electron chi connectivity index (χ0n) is 14.5. The van der Waals surface area contributed by atoms with E-state index in [1.54, 1.807) is 21.9 Å². The van der Waals surface area contributed by atoms with Gasteiger partial charge in [0.05, 0.1) is 16.1 Å². The number of phenols is 1. The minimum atomic E-state index is -4.51. The zero-order valence-corrected chi connectivity index (χ0v) is 16.9. The van der Waals surface area contributed by atoms with Crippen LogP contribution in [0, 0.1) is 0 Å². The van der Waals surface area contributed by atoms with Crippen LogP contribution in [-0.4, -0.2) is 47.1 Å². The number of hydrogen-bond acceptors (Lipinski definition) is 4. The van der Waals surface area contributed by atoms with Crippen LogP contribution in [0.4, 0.5) is 19.0 Å². The highest BCUT2D eigenvalue weighted by atomic mass is 79.9. The summed E-state index contributed by atoms with van der Waals surface area (Å²) in [6.45, 7) is 1.62. The fraction of sp³-hybridized carbons (Fsp3) is 0.333. The molecule has 1 fully saturated rings. The van der Waals surface area contributed by atoms with E-state index in [9.17, 15) is 23.1 Å². The van der Waals surface area contributed by atoms with Gasteiger partial charge in [-0.1, -0.05) is 27.5 Å². The predicted octanol–water partition coefficient (Wildman–Crippen LogP) is 4.57. The van der Waals surface area contributed by atoms with Crippen molar-refractivity contribution >= 4 is 39.3 Å². The summed E-state index contributed by atoms with van der Waals surface area (Å²) in [5, 5.41) is 9.88. The zero-order chi connectivity index (χ0) is 20.5. The van der Waals surface area contributed by atoms with Gasteiger partial charge < -0.3 is 14.9 Å². The third-order valence-corrected chi connectivity index (χ3v) is 5.19. The second-order valence-corrected chi connectivity index (χ2v) is 7.64. The molecule has 2 aromatic rings. The van der Waals surface area contributed by atoms with Crippen molar-refractivity contribution in [2.75, 3.05) is 31.1 Å². The number of nitrogens with zero attached hydrogens (tertiary/aromatic N) is 3. The monoisotopic (exact) mass is 477 g/mol. The number of hydrogen-bond donors (Lipinski definition) is 1. The van der Waals surface area contributed by atoms with Crippen LogP contribution in [0.1, 0.15) is 22.3 Å². The highest BCUT2D eigenvalue weighted by Gasteiger charge is 2.32. The lowest BCUT2D eigenvalue weighted by molar-refractivity contribution is -0.137. The van der Waals surface area contributed by atoms with Gasteiger partial charge in [0.1, 0.15) is 11.6 Å². The van der Waals surface area contributed by atoms with Gasteiger partial charge in [-0.05, 0) is 30.7 Å². The lowest BCUT2D eigenvalue weighted by Gasteiger charge is -2.24. The summed E-state index contributed by atoms with van der Waals surface area (Å²) >= 11 is 9.31. The van der Waals surface area contributed by atoms with E-state index < -0.39 is 11.7 Å². The Morgan fingerprint density at radius 2 is 1.93 bits per heavy atom. The summed E-state index contributed by atoms with van der Waals surface area (Å²) in [6.07, 6.45) is -3.17. The third-order valence-electron chi connectivity index (χ3n) is 4.42. The Labute approximate surface area is 172 Å². The Morgan fingerprint density at radius 3 is 2.61 bits per heavy atom. The topological polar surface area (TPSA) is 56.7 Å². The summed E-state index contributed by atoms with van der Waals surface area (Å²) in [5.41, 5.74) is -0.716. The van der Waals surface area contributed by atoms with Crippen molar-refractivity contribution in [1.82, 2.24) is 9.88 Å². The molecule has 1 aliphatic rings. The van der Waals surface area contributed by atoms with E-state index in [1.165, 1.54) is 6.07 Å². The maximum atomic E-state index is 12.8. The van der Waals surface area contributed by atoms with Crippen LogP contribution in [0.25, 0.3) is 0 Å². The highest BCUT2D eigenvalue weighted by Crippen LogP contribution is 2.34. The van der Waals surface area contributed by atoms with Crippen LogP contribution in [0.15, 0.2) is 34.9 Å². The molecule has 0 saturated carbocycles. The number of carbonyl (C=O) groups is 1. The van der Waals surface area contributed by atoms with Gasteiger partial charge in [0.25, 0.3) is 5.91 Å². The Balaban J connectivity index is 1.75. The SMILES string of the molecule is O=C(c1cc(Br)ccc1O)N1CCCN(c2ncc(C(F)(F)F)cc2Cl)CC1. The van der Waals surface area contributed by atoms with E-state index in [2.05, 4.69) is 20.9 Å².